The number of methoxy groups -OCH3 is 1. The molecule has 1 aliphatic rings. The lowest BCUT2D eigenvalue weighted by Gasteiger charge is -2.30. The van der Waals surface area contributed by atoms with Gasteiger partial charge in [-0.15, -0.1) is 0 Å². The summed E-state index contributed by atoms with van der Waals surface area (Å²) in [6.45, 7) is 8.76. The van der Waals surface area contributed by atoms with Gasteiger partial charge in [-0.2, -0.15) is 4.98 Å². The van der Waals surface area contributed by atoms with E-state index in [1.54, 1.807) is 32.6 Å². The average Bonchev–Trinajstić information content (AvgIpc) is 2.91. The third-order valence-electron chi connectivity index (χ3n) is 6.35. The highest BCUT2D eigenvalue weighted by atomic mass is 35.5. The number of carbonyl (C=O) groups excluding carboxylic acids is 1. The number of benzene rings is 2. The van der Waals surface area contributed by atoms with Crippen molar-refractivity contribution in [1.29, 1.82) is 0 Å². The number of carbonyl (C=O) groups is 1. The van der Waals surface area contributed by atoms with Crippen molar-refractivity contribution < 1.29 is 18.8 Å². The van der Waals surface area contributed by atoms with Crippen LogP contribution in [0.3, 0.4) is 0 Å². The second-order valence-electron chi connectivity index (χ2n) is 9.89. The number of nitrogens with one attached hydrogen (secondary N) is 3. The molecule has 0 aliphatic carbocycles. The second-order valence-corrected chi connectivity index (χ2v) is 13.5. The molecule has 3 N–H and O–H groups in total. The van der Waals surface area contributed by atoms with Crippen molar-refractivity contribution in [3.05, 3.63) is 60.3 Å². The zero-order valence-corrected chi connectivity index (χ0v) is 24.7. The highest BCUT2D eigenvalue weighted by Gasteiger charge is 2.22. The predicted octanol–water partition coefficient (Wildman–Crippen LogP) is 5.47. The summed E-state index contributed by atoms with van der Waals surface area (Å²) >= 11 is 6.41. The van der Waals surface area contributed by atoms with Gasteiger partial charge in [0.15, 0.2) is 5.82 Å². The van der Waals surface area contributed by atoms with Gasteiger partial charge in [0.25, 0.3) is 0 Å². The Kier molecular flexibility index (Phi) is 9.35. The van der Waals surface area contributed by atoms with Gasteiger partial charge in [-0.1, -0.05) is 30.3 Å². The lowest BCUT2D eigenvalue weighted by molar-refractivity contribution is -0.111. The molecule has 212 valence electrons. The zero-order valence-electron chi connectivity index (χ0n) is 23.0. The maximum absolute atomic E-state index is 12.8. The molecular formula is C28H34ClN6O4P. The zero-order chi connectivity index (χ0) is 28.9. The molecule has 12 heteroatoms. The molecule has 3 aromatic rings. The van der Waals surface area contributed by atoms with Crippen molar-refractivity contribution in [2.45, 2.75) is 18.9 Å². The van der Waals surface area contributed by atoms with Crippen LogP contribution in [0.4, 0.5) is 28.8 Å². The number of ether oxygens (including phenoxy) is 2. The Morgan fingerprint density at radius 2 is 1.95 bits per heavy atom. The molecular weight excluding hydrogens is 551 g/mol. The van der Waals surface area contributed by atoms with E-state index in [4.69, 9.17) is 21.1 Å². The molecule has 2 heterocycles. The molecule has 0 unspecified atom stereocenters. The van der Waals surface area contributed by atoms with Crippen LogP contribution in [0.25, 0.3) is 0 Å². The Balaban J connectivity index is 1.65. The number of nitrogens with zero attached hydrogens (tertiary/aromatic N) is 3. The van der Waals surface area contributed by atoms with Crippen molar-refractivity contribution in [1.82, 2.24) is 14.9 Å². The van der Waals surface area contributed by atoms with Crippen LogP contribution in [-0.2, 0) is 9.36 Å². The summed E-state index contributed by atoms with van der Waals surface area (Å²) in [6.07, 6.45) is 4.56. The fraction of sp³-hybridized carbons (Fsp3) is 0.321. The topological polar surface area (TPSA) is 118 Å². The summed E-state index contributed by atoms with van der Waals surface area (Å²) in [7, 11) is 1.03. The normalized spacial score (nSPS) is 15.7. The van der Waals surface area contributed by atoms with E-state index < -0.39 is 7.14 Å². The van der Waals surface area contributed by atoms with Crippen LogP contribution in [0, 0.1) is 0 Å². The summed E-state index contributed by atoms with van der Waals surface area (Å²) in [5, 5.41) is 10.1. The van der Waals surface area contributed by atoms with Gasteiger partial charge >= 0.3 is 0 Å². The monoisotopic (exact) mass is 584 g/mol. The summed E-state index contributed by atoms with van der Waals surface area (Å²) in [4.78, 5) is 23.3. The van der Waals surface area contributed by atoms with Crippen molar-refractivity contribution in [2.75, 3.05) is 56.5 Å². The molecule has 0 bridgehead atoms. The number of anilines is 5. The van der Waals surface area contributed by atoms with Gasteiger partial charge in [0.05, 0.1) is 30.4 Å². The Hall–Kier alpha value is -3.59. The summed E-state index contributed by atoms with van der Waals surface area (Å²) < 4.78 is 24.8. The van der Waals surface area contributed by atoms with Crippen LogP contribution >= 0.6 is 18.7 Å². The van der Waals surface area contributed by atoms with E-state index in [1.807, 2.05) is 24.3 Å². The van der Waals surface area contributed by atoms with Gasteiger partial charge in [-0.3, -0.25) is 4.79 Å². The van der Waals surface area contributed by atoms with Gasteiger partial charge in [0.1, 0.15) is 29.8 Å². The van der Waals surface area contributed by atoms with Gasteiger partial charge in [0, 0.05) is 17.9 Å². The number of likely N-dealkylation sites (tertiary alicyclic amines) is 1. The molecule has 40 heavy (non-hydrogen) atoms. The summed E-state index contributed by atoms with van der Waals surface area (Å²) in [5.74, 6) is 1.13. The van der Waals surface area contributed by atoms with Crippen molar-refractivity contribution in [3.63, 3.8) is 0 Å². The molecule has 1 atom stereocenters. The van der Waals surface area contributed by atoms with Crippen molar-refractivity contribution in [2.24, 2.45) is 0 Å². The smallest absolute Gasteiger partial charge is 0.247 e. The molecule has 4 rings (SSSR count). The SMILES string of the molecule is C=CC(=O)Nc1cc(Nc2ncc(Cl)c(Nc3ccccc3P(C)(C)=O)n2)c(OC)cc1O[C@H]1CCCN(C)C1. The standard InChI is InChI=1S/C28H34ClN6O4P/c1-6-26(36)31-22-14-21(23(38-3)15-24(22)39-18-10-9-13-35(2)17-18)33-28-30-16-19(29)27(34-28)32-20-11-7-8-12-25(20)40(4,5)37/h6-8,11-12,14-16,18H,1,9-10,13,17H2,2-5H3,(H,31,36)(H2,30,32,33,34)/t18-/m0/s1. The number of hydrogen-bond donors (Lipinski definition) is 3. The number of hydrogen-bond acceptors (Lipinski definition) is 9. The molecule has 1 aliphatic heterocycles. The van der Waals surface area contributed by atoms with E-state index in [1.165, 1.54) is 12.3 Å². The fourth-order valence-electron chi connectivity index (χ4n) is 4.41. The van der Waals surface area contributed by atoms with Gasteiger partial charge in [0.2, 0.25) is 11.9 Å². The van der Waals surface area contributed by atoms with Crippen LogP contribution in [0.2, 0.25) is 5.02 Å². The first-order valence-corrected chi connectivity index (χ1v) is 15.8. The molecule has 1 amide bonds. The first-order chi connectivity index (χ1) is 19.1. The molecule has 0 radical (unpaired) electrons. The minimum absolute atomic E-state index is 0.0284. The van der Waals surface area contributed by atoms with Crippen molar-refractivity contribution in [3.8, 4) is 11.5 Å². The number of rotatable bonds is 10. The summed E-state index contributed by atoms with van der Waals surface area (Å²) in [6, 6.07) is 10.7. The first-order valence-electron chi connectivity index (χ1n) is 12.8. The van der Waals surface area contributed by atoms with Crippen LogP contribution in [0.1, 0.15) is 12.8 Å². The fourth-order valence-corrected chi connectivity index (χ4v) is 5.71. The van der Waals surface area contributed by atoms with E-state index in [0.29, 0.717) is 39.7 Å². The number of amides is 1. The molecule has 1 fully saturated rings. The highest BCUT2D eigenvalue weighted by Crippen LogP contribution is 2.40. The first kappa shape index (κ1) is 29.4. The second kappa shape index (κ2) is 12.7. The van der Waals surface area contributed by atoms with E-state index in [0.717, 1.165) is 25.9 Å². The Morgan fingerprint density at radius 1 is 1.18 bits per heavy atom. The third-order valence-corrected chi connectivity index (χ3v) is 8.17. The van der Waals surface area contributed by atoms with Gasteiger partial charge in [-0.05, 0) is 64.0 Å². The Labute approximate surface area is 239 Å². The lowest BCUT2D eigenvalue weighted by atomic mass is 10.1. The molecule has 2 aromatic carbocycles. The number of para-hydroxylation sites is 1. The van der Waals surface area contributed by atoms with Gasteiger partial charge < -0.3 is 34.9 Å². The Morgan fingerprint density at radius 3 is 2.65 bits per heavy atom. The molecule has 0 saturated carbocycles. The number of likely N-dealkylation sites (N-methyl/N-ethyl adjacent to an activating group) is 1. The predicted molar refractivity (Wildman–Crippen MR) is 162 cm³/mol. The minimum atomic E-state index is -2.56. The van der Waals surface area contributed by atoms with Crippen LogP contribution in [0.15, 0.2) is 55.3 Å². The van der Waals surface area contributed by atoms with E-state index >= 15 is 0 Å². The van der Waals surface area contributed by atoms with E-state index in [-0.39, 0.29) is 23.0 Å². The van der Waals surface area contributed by atoms with Crippen molar-refractivity contribution >= 4 is 58.8 Å². The lowest BCUT2D eigenvalue weighted by Crippen LogP contribution is -2.38. The molecule has 1 saturated heterocycles. The largest absolute Gasteiger partial charge is 0.494 e. The third kappa shape index (κ3) is 7.33. The van der Waals surface area contributed by atoms with Crippen LogP contribution in [0.5, 0.6) is 11.5 Å². The number of piperidine rings is 1. The molecule has 1 aromatic heterocycles. The average molecular weight is 585 g/mol. The minimum Gasteiger partial charge on any atom is -0.494 e. The number of halogens is 1. The van der Waals surface area contributed by atoms with E-state index in [2.05, 4.69) is 44.4 Å². The molecule has 10 nitrogen and oxygen atoms in total. The Bertz CT molecular complexity index is 1450. The van der Waals surface area contributed by atoms with E-state index in [9.17, 15) is 9.36 Å². The highest BCUT2D eigenvalue weighted by molar-refractivity contribution is 7.70. The maximum atomic E-state index is 12.8. The summed E-state index contributed by atoms with van der Waals surface area (Å²) in [5.41, 5.74) is 1.59. The van der Waals surface area contributed by atoms with Crippen LogP contribution < -0.4 is 30.7 Å². The van der Waals surface area contributed by atoms with Gasteiger partial charge in [-0.25, -0.2) is 4.98 Å². The maximum Gasteiger partial charge on any atom is 0.247 e. The quantitative estimate of drug-likeness (QED) is 0.210. The number of aromatic nitrogens is 2. The van der Waals surface area contributed by atoms with Crippen LogP contribution in [-0.4, -0.2) is 67.5 Å². The molecule has 0 spiro atoms.